The Kier molecular flexibility index (Phi) is 4.18. The minimum absolute atomic E-state index is 0.0362. The van der Waals surface area contributed by atoms with Gasteiger partial charge < -0.3 is 15.4 Å². The van der Waals surface area contributed by atoms with E-state index < -0.39 is 0 Å². The first-order valence-corrected chi connectivity index (χ1v) is 7.30. The molecule has 0 aliphatic heterocycles. The summed E-state index contributed by atoms with van der Waals surface area (Å²) in [7, 11) is 1.62. The summed E-state index contributed by atoms with van der Waals surface area (Å²) in [4.78, 5) is 11.8. The zero-order valence-electron chi connectivity index (χ0n) is 12.4. The number of methoxy groups -OCH3 is 1. The second kappa shape index (κ2) is 6.43. The summed E-state index contributed by atoms with van der Waals surface area (Å²) in [5, 5.41) is 14.0. The number of ether oxygens (including phenoxy) is 1. The topological polar surface area (TPSA) is 76.1 Å². The molecule has 1 saturated carbocycles. The monoisotopic (exact) mass is 298 g/mol. The number of benzene rings is 1. The molecule has 2 N–H and O–H groups in total. The molecule has 3 rings (SSSR count). The van der Waals surface area contributed by atoms with Crippen molar-refractivity contribution in [2.45, 2.75) is 19.3 Å². The largest absolute Gasteiger partial charge is 0.497 e. The summed E-state index contributed by atoms with van der Waals surface area (Å²) in [5.74, 6) is 2.02. The van der Waals surface area contributed by atoms with Gasteiger partial charge in [-0.05, 0) is 37.1 Å². The highest BCUT2D eigenvalue weighted by Gasteiger charge is 2.25. The van der Waals surface area contributed by atoms with Crippen LogP contribution in [0.2, 0.25) is 0 Å². The van der Waals surface area contributed by atoms with Crippen molar-refractivity contribution >= 4 is 23.2 Å². The average Bonchev–Trinajstić information content (AvgIpc) is 2.48. The molecule has 1 aromatic carbocycles. The van der Waals surface area contributed by atoms with Gasteiger partial charge in [-0.2, -0.15) is 0 Å². The lowest BCUT2D eigenvalue weighted by Gasteiger charge is -2.23. The first-order valence-electron chi connectivity index (χ1n) is 7.30. The van der Waals surface area contributed by atoms with E-state index in [0.717, 1.165) is 30.7 Å². The molecular weight excluding hydrogens is 280 g/mol. The lowest BCUT2D eigenvalue weighted by molar-refractivity contribution is -0.122. The van der Waals surface area contributed by atoms with E-state index in [9.17, 15) is 4.79 Å². The minimum atomic E-state index is 0.0362. The van der Waals surface area contributed by atoms with Crippen molar-refractivity contribution in [1.29, 1.82) is 0 Å². The fraction of sp³-hybridized carbons (Fsp3) is 0.312. The van der Waals surface area contributed by atoms with Crippen molar-refractivity contribution in [3.8, 4) is 5.75 Å². The van der Waals surface area contributed by atoms with Crippen molar-refractivity contribution in [3.05, 3.63) is 36.4 Å². The molecule has 1 fully saturated rings. The number of amides is 1. The summed E-state index contributed by atoms with van der Waals surface area (Å²) in [6.45, 7) is 0. The van der Waals surface area contributed by atoms with Crippen LogP contribution in [-0.4, -0.2) is 23.2 Å². The number of rotatable bonds is 5. The number of hydrogen-bond acceptors (Lipinski definition) is 5. The molecule has 1 heterocycles. The Morgan fingerprint density at radius 2 is 1.95 bits per heavy atom. The molecule has 1 aliphatic rings. The number of nitrogens with zero attached hydrogens (tertiary/aromatic N) is 2. The Morgan fingerprint density at radius 1 is 1.18 bits per heavy atom. The molecule has 1 amide bonds. The molecule has 6 nitrogen and oxygen atoms in total. The Balaban J connectivity index is 1.62. The first-order chi connectivity index (χ1) is 10.7. The van der Waals surface area contributed by atoms with Crippen molar-refractivity contribution < 1.29 is 9.53 Å². The molecule has 0 saturated heterocycles. The zero-order chi connectivity index (χ0) is 15.4. The maximum Gasteiger partial charge on any atom is 0.228 e. The highest BCUT2D eigenvalue weighted by atomic mass is 16.5. The van der Waals surface area contributed by atoms with Gasteiger partial charge in [0, 0.05) is 17.7 Å². The normalized spacial score (nSPS) is 14.0. The van der Waals surface area contributed by atoms with Gasteiger partial charge in [0.1, 0.15) is 5.75 Å². The quantitative estimate of drug-likeness (QED) is 0.887. The third kappa shape index (κ3) is 3.33. The fourth-order valence-electron chi connectivity index (χ4n) is 2.21. The van der Waals surface area contributed by atoms with Gasteiger partial charge in [-0.25, -0.2) is 0 Å². The zero-order valence-corrected chi connectivity index (χ0v) is 12.4. The number of carbonyl (C=O) groups excluding carboxylic acids is 1. The molecule has 0 unspecified atom stereocenters. The van der Waals surface area contributed by atoms with E-state index in [4.69, 9.17) is 4.74 Å². The number of nitrogens with one attached hydrogen (secondary N) is 2. The third-order valence-corrected chi connectivity index (χ3v) is 3.73. The van der Waals surface area contributed by atoms with Crippen LogP contribution in [0, 0.1) is 5.92 Å². The van der Waals surface area contributed by atoms with Crippen LogP contribution in [0.4, 0.5) is 17.3 Å². The van der Waals surface area contributed by atoms with Gasteiger partial charge in [-0.15, -0.1) is 10.2 Å². The van der Waals surface area contributed by atoms with Gasteiger partial charge in [-0.1, -0.05) is 12.5 Å². The van der Waals surface area contributed by atoms with Crippen LogP contribution in [0.5, 0.6) is 5.75 Å². The van der Waals surface area contributed by atoms with E-state index in [-0.39, 0.29) is 11.8 Å². The number of anilines is 3. The highest BCUT2D eigenvalue weighted by molar-refractivity contribution is 5.92. The maximum atomic E-state index is 11.8. The van der Waals surface area contributed by atoms with Crippen LogP contribution < -0.4 is 15.4 Å². The predicted octanol–water partition coefficient (Wildman–Crippen LogP) is 2.97. The second-order valence-corrected chi connectivity index (χ2v) is 5.28. The molecule has 22 heavy (non-hydrogen) atoms. The van der Waals surface area contributed by atoms with E-state index in [1.54, 1.807) is 19.2 Å². The molecule has 6 heteroatoms. The fourth-order valence-corrected chi connectivity index (χ4v) is 2.21. The summed E-state index contributed by atoms with van der Waals surface area (Å²) in [5.41, 5.74) is 0.861. The Morgan fingerprint density at radius 3 is 2.59 bits per heavy atom. The van der Waals surface area contributed by atoms with Gasteiger partial charge in [-0.3, -0.25) is 4.79 Å². The molecule has 0 bridgehead atoms. The van der Waals surface area contributed by atoms with Crippen LogP contribution in [0.1, 0.15) is 19.3 Å². The smallest absolute Gasteiger partial charge is 0.228 e. The van der Waals surface area contributed by atoms with Gasteiger partial charge >= 0.3 is 0 Å². The van der Waals surface area contributed by atoms with E-state index >= 15 is 0 Å². The van der Waals surface area contributed by atoms with Crippen LogP contribution in [-0.2, 0) is 4.79 Å². The van der Waals surface area contributed by atoms with E-state index in [0.29, 0.717) is 11.6 Å². The van der Waals surface area contributed by atoms with Crippen LogP contribution in [0.25, 0.3) is 0 Å². The predicted molar refractivity (Wildman–Crippen MR) is 84.3 cm³/mol. The molecule has 0 radical (unpaired) electrons. The van der Waals surface area contributed by atoms with Gasteiger partial charge in [0.2, 0.25) is 5.91 Å². The SMILES string of the molecule is COc1cccc(Nc2ccc(NC(=O)C3CCC3)nn2)c1. The van der Waals surface area contributed by atoms with Gasteiger partial charge in [0.05, 0.1) is 7.11 Å². The van der Waals surface area contributed by atoms with Gasteiger partial charge in [0.25, 0.3) is 0 Å². The van der Waals surface area contributed by atoms with Crippen molar-refractivity contribution in [3.63, 3.8) is 0 Å². The summed E-state index contributed by atoms with van der Waals surface area (Å²) >= 11 is 0. The highest BCUT2D eigenvalue weighted by Crippen LogP contribution is 2.27. The molecule has 0 atom stereocenters. The Labute approximate surface area is 128 Å². The molecule has 0 spiro atoms. The summed E-state index contributed by atoms with van der Waals surface area (Å²) < 4.78 is 5.17. The standard InChI is InChI=1S/C16H18N4O2/c1-22-13-7-3-6-12(10-13)17-14-8-9-15(20-19-14)18-16(21)11-4-2-5-11/h3,6-11H,2,4-5H2,1H3,(H,17,19)(H,18,20,21). The average molecular weight is 298 g/mol. The number of carbonyl (C=O) groups is 1. The summed E-state index contributed by atoms with van der Waals surface area (Å²) in [6.07, 6.45) is 3.07. The number of aromatic nitrogens is 2. The van der Waals surface area contributed by atoms with Crippen LogP contribution >= 0.6 is 0 Å². The molecule has 114 valence electrons. The molecule has 2 aromatic rings. The maximum absolute atomic E-state index is 11.8. The molecule has 1 aliphatic carbocycles. The van der Waals surface area contributed by atoms with E-state index in [1.165, 1.54) is 0 Å². The molecular formula is C16H18N4O2. The minimum Gasteiger partial charge on any atom is -0.497 e. The Bertz CT molecular complexity index is 653. The lowest BCUT2D eigenvalue weighted by Crippen LogP contribution is -2.28. The van der Waals surface area contributed by atoms with Crippen LogP contribution in [0.3, 0.4) is 0 Å². The summed E-state index contributed by atoms with van der Waals surface area (Å²) in [6, 6.07) is 11.1. The van der Waals surface area contributed by atoms with Crippen molar-refractivity contribution in [2.24, 2.45) is 5.92 Å². The van der Waals surface area contributed by atoms with Crippen molar-refractivity contribution in [2.75, 3.05) is 17.7 Å². The van der Waals surface area contributed by atoms with E-state index in [1.807, 2.05) is 24.3 Å². The third-order valence-electron chi connectivity index (χ3n) is 3.73. The second-order valence-electron chi connectivity index (χ2n) is 5.28. The lowest BCUT2D eigenvalue weighted by atomic mass is 9.85. The first kappa shape index (κ1) is 14.3. The van der Waals surface area contributed by atoms with E-state index in [2.05, 4.69) is 20.8 Å². The Hall–Kier alpha value is -2.63. The van der Waals surface area contributed by atoms with Gasteiger partial charge in [0.15, 0.2) is 11.6 Å². The van der Waals surface area contributed by atoms with Crippen LogP contribution in [0.15, 0.2) is 36.4 Å². The van der Waals surface area contributed by atoms with Crippen molar-refractivity contribution in [1.82, 2.24) is 10.2 Å². The number of hydrogen-bond donors (Lipinski definition) is 2. The molecule has 1 aromatic heterocycles.